The van der Waals surface area contributed by atoms with Crippen LogP contribution in [0.25, 0.3) is 0 Å². The van der Waals surface area contributed by atoms with E-state index in [1.807, 2.05) is 6.92 Å². The van der Waals surface area contributed by atoms with Crippen LogP contribution in [0.2, 0.25) is 0 Å². The van der Waals surface area contributed by atoms with Crippen molar-refractivity contribution in [3.63, 3.8) is 0 Å². The number of hydrogen-bond acceptors (Lipinski definition) is 5. The number of carbonyl (C=O) groups excluding carboxylic acids is 1. The molecule has 2 atom stereocenters. The molecule has 9 heteroatoms. The van der Waals surface area contributed by atoms with Crippen LogP contribution in [0.15, 0.2) is 18.2 Å². The normalized spacial score (nSPS) is 24.8. The van der Waals surface area contributed by atoms with E-state index in [9.17, 15) is 18.4 Å². The predicted octanol–water partition coefficient (Wildman–Crippen LogP) is 1.99. The third-order valence-corrected chi connectivity index (χ3v) is 4.14. The van der Waals surface area contributed by atoms with Gasteiger partial charge in [0.1, 0.15) is 0 Å². The van der Waals surface area contributed by atoms with E-state index in [2.05, 4.69) is 14.8 Å². The van der Waals surface area contributed by atoms with Gasteiger partial charge >= 0.3 is 12.3 Å². The number of nitrogens with zero attached hydrogens (tertiary/aromatic N) is 1. The molecule has 2 heterocycles. The second-order valence-electron chi connectivity index (χ2n) is 6.45. The molecule has 0 saturated carbocycles. The number of likely N-dealkylation sites (tertiary alicyclic amines) is 1. The number of anilines is 1. The van der Waals surface area contributed by atoms with Gasteiger partial charge < -0.3 is 19.9 Å². The van der Waals surface area contributed by atoms with Crippen molar-refractivity contribution in [1.29, 1.82) is 0 Å². The minimum Gasteiger partial charge on any atom is -0.481 e. The quantitative estimate of drug-likeness (QED) is 0.858. The van der Waals surface area contributed by atoms with E-state index >= 15 is 0 Å². The first kappa shape index (κ1) is 17.4. The Hall–Kier alpha value is -2.42. The summed E-state index contributed by atoms with van der Waals surface area (Å²) in [5.41, 5.74) is 0.296. The Bertz CT molecular complexity index is 697. The monoisotopic (exact) mass is 356 g/mol. The van der Waals surface area contributed by atoms with Crippen LogP contribution in [0.1, 0.15) is 13.3 Å². The molecular formula is C16H18F2N2O5. The summed E-state index contributed by atoms with van der Waals surface area (Å²) >= 11 is 0. The lowest BCUT2D eigenvalue weighted by Crippen LogP contribution is -2.45. The highest BCUT2D eigenvalue weighted by molar-refractivity contribution is 5.92. The molecule has 0 spiro atoms. The van der Waals surface area contributed by atoms with E-state index in [0.717, 1.165) is 0 Å². The molecule has 1 saturated heterocycles. The topological polar surface area (TPSA) is 88.1 Å². The molecule has 1 aromatic carbocycles. The fourth-order valence-corrected chi connectivity index (χ4v) is 3.20. The van der Waals surface area contributed by atoms with Gasteiger partial charge in [0.25, 0.3) is 0 Å². The zero-order valence-corrected chi connectivity index (χ0v) is 13.5. The average Bonchev–Trinajstić information content (AvgIpc) is 2.79. The van der Waals surface area contributed by atoms with E-state index in [0.29, 0.717) is 25.2 Å². The van der Waals surface area contributed by atoms with Crippen LogP contribution in [-0.2, 0) is 9.59 Å². The van der Waals surface area contributed by atoms with Crippen LogP contribution in [0.3, 0.4) is 0 Å². The Morgan fingerprint density at radius 1 is 1.32 bits per heavy atom. The molecule has 136 valence electrons. The van der Waals surface area contributed by atoms with Gasteiger partial charge in [-0.15, -0.1) is 8.78 Å². The number of ether oxygens (including phenoxy) is 2. The lowest BCUT2D eigenvalue weighted by molar-refractivity contribution is -0.286. The maximum Gasteiger partial charge on any atom is 0.586 e. The van der Waals surface area contributed by atoms with E-state index in [4.69, 9.17) is 5.11 Å². The van der Waals surface area contributed by atoms with Gasteiger partial charge in [0.2, 0.25) is 5.91 Å². The zero-order valence-electron chi connectivity index (χ0n) is 13.5. The van der Waals surface area contributed by atoms with Gasteiger partial charge in [-0.3, -0.25) is 14.5 Å². The number of carboxylic acids is 1. The first-order valence-electron chi connectivity index (χ1n) is 7.87. The summed E-state index contributed by atoms with van der Waals surface area (Å²) in [6, 6.07) is 3.97. The third kappa shape index (κ3) is 4.16. The van der Waals surface area contributed by atoms with Crippen molar-refractivity contribution in [2.45, 2.75) is 19.6 Å². The van der Waals surface area contributed by atoms with Crippen molar-refractivity contribution >= 4 is 17.6 Å². The predicted molar refractivity (Wildman–Crippen MR) is 82.6 cm³/mol. The van der Waals surface area contributed by atoms with Crippen LogP contribution >= 0.6 is 0 Å². The third-order valence-electron chi connectivity index (χ3n) is 4.14. The summed E-state index contributed by atoms with van der Waals surface area (Å²) in [4.78, 5) is 25.1. The van der Waals surface area contributed by atoms with E-state index in [1.54, 1.807) is 4.90 Å². The molecule has 2 aliphatic heterocycles. The van der Waals surface area contributed by atoms with Crippen molar-refractivity contribution in [3.8, 4) is 11.5 Å². The number of carbonyl (C=O) groups is 2. The van der Waals surface area contributed by atoms with E-state index < -0.39 is 18.2 Å². The van der Waals surface area contributed by atoms with E-state index in [1.165, 1.54) is 18.2 Å². The Kier molecular flexibility index (Phi) is 4.51. The molecule has 1 amide bonds. The number of carboxylic acid groups (broad SMARTS) is 1. The molecule has 2 aliphatic rings. The smallest absolute Gasteiger partial charge is 0.481 e. The number of halogens is 2. The molecule has 0 aromatic heterocycles. The largest absolute Gasteiger partial charge is 0.586 e. The molecule has 25 heavy (non-hydrogen) atoms. The first-order valence-corrected chi connectivity index (χ1v) is 7.87. The Labute approximate surface area is 142 Å². The van der Waals surface area contributed by atoms with Crippen molar-refractivity contribution in [2.75, 3.05) is 25.0 Å². The van der Waals surface area contributed by atoms with Crippen molar-refractivity contribution in [2.24, 2.45) is 11.8 Å². The first-order chi connectivity index (χ1) is 11.7. The molecule has 3 rings (SSSR count). The number of amides is 1. The number of aliphatic carboxylic acids is 1. The molecule has 0 radical (unpaired) electrons. The standard InChI is InChI=1S/C16H18F2N2O5/c1-9-4-10(15(22)23)7-20(6-9)8-14(21)19-11-2-3-12-13(5-11)25-16(17,18)24-12/h2-3,5,9-10H,4,6-8H2,1H3,(H,19,21)(H,22,23). The van der Waals surface area contributed by atoms with Crippen molar-refractivity contribution < 1.29 is 33.0 Å². The molecule has 1 aromatic rings. The van der Waals surface area contributed by atoms with Gasteiger partial charge in [0.05, 0.1) is 12.5 Å². The Morgan fingerprint density at radius 2 is 2.04 bits per heavy atom. The number of hydrogen-bond donors (Lipinski definition) is 2. The number of nitrogens with one attached hydrogen (secondary N) is 1. The van der Waals surface area contributed by atoms with Gasteiger partial charge in [0.15, 0.2) is 11.5 Å². The van der Waals surface area contributed by atoms with Gasteiger partial charge in [-0.25, -0.2) is 0 Å². The minimum atomic E-state index is -3.71. The zero-order chi connectivity index (χ0) is 18.2. The SMILES string of the molecule is CC1CC(C(=O)O)CN(CC(=O)Nc2ccc3c(c2)OC(F)(F)O3)C1. The molecule has 0 bridgehead atoms. The number of piperidine rings is 1. The summed E-state index contributed by atoms with van der Waals surface area (Å²) < 4.78 is 34.6. The maximum atomic E-state index is 13.0. The minimum absolute atomic E-state index is 0.0265. The number of fused-ring (bicyclic) bond motifs is 1. The van der Waals surface area contributed by atoms with Crippen molar-refractivity contribution in [3.05, 3.63) is 18.2 Å². The fraction of sp³-hybridized carbons (Fsp3) is 0.500. The van der Waals surface area contributed by atoms with Crippen LogP contribution in [0.4, 0.5) is 14.5 Å². The maximum absolute atomic E-state index is 13.0. The summed E-state index contributed by atoms with van der Waals surface area (Å²) in [6.45, 7) is 2.90. The van der Waals surface area contributed by atoms with Gasteiger partial charge in [0, 0.05) is 24.8 Å². The second-order valence-corrected chi connectivity index (χ2v) is 6.45. The summed E-state index contributed by atoms with van der Waals surface area (Å²) in [7, 11) is 0. The van der Waals surface area contributed by atoms with Crippen LogP contribution in [0.5, 0.6) is 11.5 Å². The molecular weight excluding hydrogens is 338 g/mol. The number of benzene rings is 1. The molecule has 2 N–H and O–H groups in total. The molecule has 1 fully saturated rings. The number of alkyl halides is 2. The Balaban J connectivity index is 1.59. The van der Waals surface area contributed by atoms with Crippen molar-refractivity contribution in [1.82, 2.24) is 4.90 Å². The molecule has 7 nitrogen and oxygen atoms in total. The molecule has 2 unspecified atom stereocenters. The summed E-state index contributed by atoms with van der Waals surface area (Å²) in [5, 5.41) is 11.8. The van der Waals surface area contributed by atoms with Gasteiger partial charge in [-0.2, -0.15) is 0 Å². The van der Waals surface area contributed by atoms with Crippen LogP contribution in [0, 0.1) is 11.8 Å². The highest BCUT2D eigenvalue weighted by atomic mass is 19.3. The highest BCUT2D eigenvalue weighted by Gasteiger charge is 2.43. The lowest BCUT2D eigenvalue weighted by atomic mass is 9.90. The van der Waals surface area contributed by atoms with Crippen LogP contribution in [-0.4, -0.2) is 47.8 Å². The van der Waals surface area contributed by atoms with Gasteiger partial charge in [-0.05, 0) is 24.5 Å². The second kappa shape index (κ2) is 6.47. The molecule has 0 aliphatic carbocycles. The van der Waals surface area contributed by atoms with Gasteiger partial charge in [-0.1, -0.05) is 6.92 Å². The average molecular weight is 356 g/mol. The summed E-state index contributed by atoms with van der Waals surface area (Å²) in [5.74, 6) is -1.80. The summed E-state index contributed by atoms with van der Waals surface area (Å²) in [6.07, 6.45) is -3.12. The lowest BCUT2D eigenvalue weighted by Gasteiger charge is -2.34. The number of rotatable bonds is 4. The fourth-order valence-electron chi connectivity index (χ4n) is 3.20. The van der Waals surface area contributed by atoms with Crippen LogP contribution < -0.4 is 14.8 Å². The van der Waals surface area contributed by atoms with E-state index in [-0.39, 0.29) is 29.9 Å². The Morgan fingerprint density at radius 3 is 2.76 bits per heavy atom. The highest BCUT2D eigenvalue weighted by Crippen LogP contribution is 2.42.